The number of hydrogen-bond donors (Lipinski definition) is 1. The fourth-order valence-electron chi connectivity index (χ4n) is 3.55. The number of amides is 1. The lowest BCUT2D eigenvalue weighted by Gasteiger charge is -2.11. The molecule has 2 aromatic carbocycles. The van der Waals surface area contributed by atoms with Crippen LogP contribution < -0.4 is 10.9 Å². The average molecular weight is 470 g/mol. The van der Waals surface area contributed by atoms with Crippen LogP contribution in [0.2, 0.25) is 5.02 Å². The van der Waals surface area contributed by atoms with Gasteiger partial charge in [0.15, 0.2) is 5.16 Å². The minimum atomic E-state index is -0.174. The minimum Gasteiger partial charge on any atom is -0.325 e. The lowest BCUT2D eigenvalue weighted by molar-refractivity contribution is -0.113. The molecule has 0 radical (unpaired) electrons. The van der Waals surface area contributed by atoms with E-state index in [1.807, 2.05) is 47.7 Å². The molecule has 4 aromatic rings. The summed E-state index contributed by atoms with van der Waals surface area (Å²) in [5, 5.41) is 13.2. The molecule has 0 spiro atoms. The van der Waals surface area contributed by atoms with Crippen molar-refractivity contribution < 1.29 is 4.79 Å². The van der Waals surface area contributed by atoms with Crippen molar-refractivity contribution in [1.29, 1.82) is 0 Å². The number of aromatic nitrogens is 4. The Morgan fingerprint density at radius 2 is 1.97 bits per heavy atom. The first-order valence-corrected chi connectivity index (χ1v) is 11.9. The monoisotopic (exact) mass is 469 g/mol. The Hall–Kier alpha value is -2.84. The number of hydrogen-bond acceptors (Lipinski definition) is 5. The molecule has 1 amide bonds. The van der Waals surface area contributed by atoms with E-state index >= 15 is 0 Å². The number of nitrogens with zero attached hydrogens (tertiary/aromatic N) is 4. The molecule has 0 fully saturated rings. The van der Waals surface area contributed by atoms with Gasteiger partial charge < -0.3 is 5.32 Å². The maximum absolute atomic E-state index is 13.1. The predicted octanol–water partition coefficient (Wildman–Crippen LogP) is 4.93. The fraction of sp³-hybridized carbons (Fsp3) is 0.304. The summed E-state index contributed by atoms with van der Waals surface area (Å²) in [6.45, 7) is 4.62. The summed E-state index contributed by atoms with van der Waals surface area (Å²) in [5.74, 6) is 0.473. The van der Waals surface area contributed by atoms with Gasteiger partial charge in [0.2, 0.25) is 11.7 Å². The highest BCUT2D eigenvalue weighted by atomic mass is 35.5. The quantitative estimate of drug-likeness (QED) is 0.292. The Morgan fingerprint density at radius 3 is 2.75 bits per heavy atom. The Labute approximate surface area is 194 Å². The van der Waals surface area contributed by atoms with E-state index in [0.717, 1.165) is 30.3 Å². The van der Waals surface area contributed by atoms with Gasteiger partial charge in [0.05, 0.1) is 16.7 Å². The van der Waals surface area contributed by atoms with E-state index in [2.05, 4.69) is 22.4 Å². The lowest BCUT2D eigenvalue weighted by Crippen LogP contribution is -2.23. The first kappa shape index (κ1) is 22.4. The van der Waals surface area contributed by atoms with Gasteiger partial charge in [0.25, 0.3) is 5.56 Å². The Balaban J connectivity index is 1.62. The zero-order valence-corrected chi connectivity index (χ0v) is 19.5. The van der Waals surface area contributed by atoms with Crippen molar-refractivity contribution in [2.75, 3.05) is 11.1 Å². The SMILES string of the molecule is CCCCCn1c(=O)c2ccccc2n2c(SCC(=O)Nc3ccc(C)c(Cl)c3)nnc12. The molecule has 0 bridgehead atoms. The topological polar surface area (TPSA) is 81.3 Å². The highest BCUT2D eigenvalue weighted by Crippen LogP contribution is 2.23. The molecule has 0 aliphatic heterocycles. The highest BCUT2D eigenvalue weighted by Gasteiger charge is 2.17. The summed E-state index contributed by atoms with van der Waals surface area (Å²) in [6, 6.07) is 12.8. The van der Waals surface area contributed by atoms with Crippen LogP contribution in [0.5, 0.6) is 0 Å². The Kier molecular flexibility index (Phi) is 6.81. The van der Waals surface area contributed by atoms with Crippen LogP contribution in [-0.4, -0.2) is 30.8 Å². The van der Waals surface area contributed by atoms with Crippen molar-refractivity contribution in [3.63, 3.8) is 0 Å². The van der Waals surface area contributed by atoms with Gasteiger partial charge in [-0.15, -0.1) is 10.2 Å². The van der Waals surface area contributed by atoms with Crippen LogP contribution >= 0.6 is 23.4 Å². The van der Waals surface area contributed by atoms with Crippen LogP contribution in [0, 0.1) is 6.92 Å². The Bertz CT molecular complexity index is 1350. The number of carbonyl (C=O) groups is 1. The van der Waals surface area contributed by atoms with Crippen LogP contribution in [0.15, 0.2) is 52.4 Å². The lowest BCUT2D eigenvalue weighted by atomic mass is 10.2. The number of benzene rings is 2. The number of rotatable bonds is 8. The van der Waals surface area contributed by atoms with E-state index in [1.54, 1.807) is 10.6 Å². The largest absolute Gasteiger partial charge is 0.325 e. The van der Waals surface area contributed by atoms with Crippen LogP contribution in [-0.2, 0) is 11.3 Å². The van der Waals surface area contributed by atoms with Crippen LogP contribution in [0.4, 0.5) is 5.69 Å². The Morgan fingerprint density at radius 1 is 1.16 bits per heavy atom. The normalized spacial score (nSPS) is 11.3. The van der Waals surface area contributed by atoms with Gasteiger partial charge in [0.1, 0.15) is 0 Å². The molecule has 0 aliphatic carbocycles. The summed E-state index contributed by atoms with van der Waals surface area (Å²) in [5.41, 5.74) is 2.26. The number of halogens is 1. The molecule has 0 saturated carbocycles. The number of carbonyl (C=O) groups excluding carboxylic acids is 1. The molecule has 7 nitrogen and oxygen atoms in total. The summed E-state index contributed by atoms with van der Waals surface area (Å²) < 4.78 is 3.55. The van der Waals surface area contributed by atoms with Crippen molar-refractivity contribution >= 4 is 51.6 Å². The molecule has 4 rings (SSSR count). The van der Waals surface area contributed by atoms with E-state index in [9.17, 15) is 9.59 Å². The third-order valence-electron chi connectivity index (χ3n) is 5.25. The first-order valence-electron chi connectivity index (χ1n) is 10.5. The second-order valence-corrected chi connectivity index (χ2v) is 8.95. The van der Waals surface area contributed by atoms with Crippen molar-refractivity contribution in [3.8, 4) is 0 Å². The molecule has 9 heteroatoms. The molecule has 0 unspecified atom stereocenters. The molecular formula is C23H24ClN5O2S. The van der Waals surface area contributed by atoms with Gasteiger partial charge in [-0.1, -0.05) is 61.3 Å². The van der Waals surface area contributed by atoms with E-state index in [4.69, 9.17) is 11.6 Å². The van der Waals surface area contributed by atoms with Gasteiger partial charge in [-0.2, -0.15) is 0 Å². The molecule has 1 N–H and O–H groups in total. The average Bonchev–Trinajstić information content (AvgIpc) is 3.21. The van der Waals surface area contributed by atoms with Crippen LogP contribution in [0.25, 0.3) is 16.7 Å². The van der Waals surface area contributed by atoms with E-state index in [0.29, 0.717) is 33.6 Å². The molecule has 0 aliphatic rings. The molecule has 2 heterocycles. The standard InChI is InChI=1S/C23H24ClN5O2S/c1-3-4-7-12-28-21(31)17-8-5-6-9-19(17)29-22(28)26-27-23(29)32-14-20(30)25-16-11-10-15(2)18(24)13-16/h5-6,8-11,13H,3-4,7,12,14H2,1-2H3,(H,25,30). The maximum Gasteiger partial charge on any atom is 0.262 e. The second kappa shape index (κ2) is 9.75. The van der Waals surface area contributed by atoms with E-state index in [-0.39, 0.29) is 17.2 Å². The minimum absolute atomic E-state index is 0.0675. The molecule has 0 saturated heterocycles. The number of aryl methyl sites for hydroxylation is 2. The van der Waals surface area contributed by atoms with Gasteiger partial charge in [0, 0.05) is 17.3 Å². The summed E-state index contributed by atoms with van der Waals surface area (Å²) in [4.78, 5) is 25.6. The number of anilines is 1. The van der Waals surface area contributed by atoms with E-state index in [1.165, 1.54) is 11.8 Å². The zero-order chi connectivity index (χ0) is 22.7. The number of para-hydroxylation sites is 1. The van der Waals surface area contributed by atoms with Crippen molar-refractivity contribution in [2.45, 2.75) is 44.8 Å². The van der Waals surface area contributed by atoms with Crippen molar-refractivity contribution in [3.05, 3.63) is 63.4 Å². The van der Waals surface area contributed by atoms with Gasteiger partial charge >= 0.3 is 0 Å². The molecule has 0 atom stereocenters. The summed E-state index contributed by atoms with van der Waals surface area (Å²) in [6.07, 6.45) is 2.99. The van der Waals surface area contributed by atoms with Gasteiger partial charge in [-0.25, -0.2) is 0 Å². The molecule has 166 valence electrons. The number of thioether (sulfide) groups is 1. The molecule has 2 aromatic heterocycles. The molecule has 32 heavy (non-hydrogen) atoms. The van der Waals surface area contributed by atoms with Crippen LogP contribution in [0.1, 0.15) is 31.7 Å². The predicted molar refractivity (Wildman–Crippen MR) is 130 cm³/mol. The smallest absolute Gasteiger partial charge is 0.262 e. The number of fused-ring (bicyclic) bond motifs is 3. The third kappa shape index (κ3) is 4.52. The number of unbranched alkanes of at least 4 members (excludes halogenated alkanes) is 2. The van der Waals surface area contributed by atoms with Crippen molar-refractivity contribution in [1.82, 2.24) is 19.2 Å². The second-order valence-electron chi connectivity index (χ2n) is 7.60. The number of nitrogens with one attached hydrogen (secondary N) is 1. The van der Waals surface area contributed by atoms with Gasteiger partial charge in [-0.05, 0) is 43.2 Å². The first-order chi connectivity index (χ1) is 15.5. The maximum atomic E-state index is 13.1. The fourth-order valence-corrected chi connectivity index (χ4v) is 4.47. The summed E-state index contributed by atoms with van der Waals surface area (Å²) in [7, 11) is 0. The van der Waals surface area contributed by atoms with Crippen molar-refractivity contribution in [2.24, 2.45) is 0 Å². The summed E-state index contributed by atoms with van der Waals surface area (Å²) >= 11 is 7.42. The highest BCUT2D eigenvalue weighted by molar-refractivity contribution is 7.99. The zero-order valence-electron chi connectivity index (χ0n) is 18.0. The van der Waals surface area contributed by atoms with Gasteiger partial charge in [-0.3, -0.25) is 18.6 Å². The van der Waals surface area contributed by atoms with E-state index < -0.39 is 0 Å². The third-order valence-corrected chi connectivity index (χ3v) is 6.59. The molecular weight excluding hydrogens is 446 g/mol. The van der Waals surface area contributed by atoms with Crippen LogP contribution in [0.3, 0.4) is 0 Å².